The molecule has 1 unspecified atom stereocenters. The minimum atomic E-state index is -0.480. The van der Waals surface area contributed by atoms with Crippen LogP contribution in [-0.2, 0) is 0 Å². The van der Waals surface area contributed by atoms with E-state index in [9.17, 15) is 5.11 Å². The molecule has 0 aliphatic carbocycles. The molecule has 4 N–H and O–H groups in total. The molecule has 0 saturated carbocycles. The summed E-state index contributed by atoms with van der Waals surface area (Å²) >= 11 is 4.72. The van der Waals surface area contributed by atoms with Gasteiger partial charge in [0, 0.05) is 26.2 Å². The van der Waals surface area contributed by atoms with Crippen LogP contribution in [0, 0.1) is 0 Å². The summed E-state index contributed by atoms with van der Waals surface area (Å²) in [6, 6.07) is 0. The van der Waals surface area contributed by atoms with Crippen LogP contribution in [0.3, 0.4) is 0 Å². The average molecular weight is 285 g/mol. The number of nitrogens with one attached hydrogen (secondary N) is 1. The van der Waals surface area contributed by atoms with E-state index in [1.165, 1.54) is 10.2 Å². The van der Waals surface area contributed by atoms with Crippen LogP contribution in [0.1, 0.15) is 6.17 Å². The number of rotatable bonds is 5. The lowest BCUT2D eigenvalue weighted by molar-refractivity contribution is 0.211. The molecule has 1 aromatic heterocycles. The molecule has 0 amide bonds. The fraction of sp³-hybridized carbons (Fsp3) is 0.700. The van der Waals surface area contributed by atoms with E-state index in [1.807, 2.05) is 0 Å². The molecule has 1 aromatic rings. The molecule has 1 fully saturated rings. The van der Waals surface area contributed by atoms with Gasteiger partial charge in [0.05, 0.1) is 12.1 Å². The number of nitrogens with two attached hydrogens (primary N) is 1. The first-order chi connectivity index (χ1) is 9.15. The van der Waals surface area contributed by atoms with Gasteiger partial charge in [-0.05, 0) is 7.05 Å². The number of likely N-dealkylation sites (N-methyl/N-ethyl adjacent to an activating group) is 1. The van der Waals surface area contributed by atoms with Gasteiger partial charge in [0.25, 0.3) is 0 Å². The Morgan fingerprint density at radius 2 is 2.16 bits per heavy atom. The van der Waals surface area contributed by atoms with Crippen molar-refractivity contribution in [3.63, 3.8) is 0 Å². The van der Waals surface area contributed by atoms with Crippen LogP contribution in [0.4, 0.5) is 11.9 Å². The Hall–Kier alpha value is -1.45. The van der Waals surface area contributed by atoms with E-state index in [4.69, 9.17) is 18.0 Å². The molecule has 106 valence electrons. The van der Waals surface area contributed by atoms with Gasteiger partial charge in [0.15, 0.2) is 0 Å². The van der Waals surface area contributed by atoms with Crippen LogP contribution in [0.25, 0.3) is 0 Å². The first-order valence-electron chi connectivity index (χ1n) is 6.11. The zero-order valence-corrected chi connectivity index (χ0v) is 11.7. The van der Waals surface area contributed by atoms with Crippen molar-refractivity contribution in [2.24, 2.45) is 0 Å². The molecule has 9 heteroatoms. The summed E-state index contributed by atoms with van der Waals surface area (Å²) in [5.74, 6) is 0.854. The van der Waals surface area contributed by atoms with Crippen molar-refractivity contribution in [1.29, 1.82) is 0 Å². The second kappa shape index (κ2) is 6.13. The number of aromatic nitrogens is 3. The van der Waals surface area contributed by atoms with E-state index >= 15 is 0 Å². The maximum atomic E-state index is 9.30. The molecule has 1 aliphatic rings. The highest BCUT2D eigenvalue weighted by Crippen LogP contribution is 2.15. The highest BCUT2D eigenvalue weighted by molar-refractivity contribution is 7.78. The predicted octanol–water partition coefficient (Wildman–Crippen LogP) is -1.35. The summed E-state index contributed by atoms with van der Waals surface area (Å²) in [4.78, 5) is 8.58. The third-order valence-corrected chi connectivity index (χ3v) is 3.30. The Kier molecular flexibility index (Phi) is 4.51. The summed E-state index contributed by atoms with van der Waals surface area (Å²) in [5.41, 5.74) is 7.17. The van der Waals surface area contributed by atoms with E-state index in [-0.39, 0.29) is 12.6 Å². The molecule has 8 nitrogen and oxygen atoms in total. The molecule has 0 bridgehead atoms. The van der Waals surface area contributed by atoms with Gasteiger partial charge in [-0.2, -0.15) is 4.98 Å². The minimum absolute atomic E-state index is 0.164. The Morgan fingerprint density at radius 1 is 1.47 bits per heavy atom. The lowest BCUT2D eigenvalue weighted by Gasteiger charge is -2.31. The summed E-state index contributed by atoms with van der Waals surface area (Å²) < 4.78 is 1.45. The summed E-state index contributed by atoms with van der Waals surface area (Å²) in [5, 5.41) is 16.4. The zero-order valence-electron chi connectivity index (χ0n) is 10.9. The average Bonchev–Trinajstić information content (AvgIpc) is 2.79. The number of aliphatic hydroxyl groups is 1. The number of nitrogen functional groups attached to an aromatic ring is 1. The van der Waals surface area contributed by atoms with E-state index in [1.54, 1.807) is 0 Å². The van der Waals surface area contributed by atoms with Crippen molar-refractivity contribution < 1.29 is 5.11 Å². The second-order valence-corrected chi connectivity index (χ2v) is 4.72. The zero-order chi connectivity index (χ0) is 13.8. The Bertz CT molecular complexity index is 430. The molecule has 1 atom stereocenters. The molecule has 2 heterocycles. The normalized spacial score (nSPS) is 18.3. The van der Waals surface area contributed by atoms with Crippen molar-refractivity contribution in [2.45, 2.75) is 6.17 Å². The van der Waals surface area contributed by atoms with Gasteiger partial charge in [0.2, 0.25) is 11.9 Å². The monoisotopic (exact) mass is 285 g/mol. The summed E-state index contributed by atoms with van der Waals surface area (Å²) in [6.07, 6.45) is -0.480. The third kappa shape index (κ3) is 3.11. The van der Waals surface area contributed by atoms with Crippen LogP contribution in [0.5, 0.6) is 0 Å². The molecule has 0 radical (unpaired) electrons. The first kappa shape index (κ1) is 14.0. The lowest BCUT2D eigenvalue weighted by atomic mass is 10.3. The van der Waals surface area contributed by atoms with Crippen molar-refractivity contribution in [1.82, 2.24) is 25.0 Å². The lowest BCUT2D eigenvalue weighted by Crippen LogP contribution is -2.45. The number of aliphatic hydroxyl groups excluding tert-OH is 1. The van der Waals surface area contributed by atoms with Crippen LogP contribution in [0.2, 0.25) is 0 Å². The maximum Gasteiger partial charge on any atom is 0.246 e. The van der Waals surface area contributed by atoms with Crippen LogP contribution >= 0.6 is 12.2 Å². The molecule has 19 heavy (non-hydrogen) atoms. The van der Waals surface area contributed by atoms with Crippen molar-refractivity contribution in [3.8, 4) is 0 Å². The van der Waals surface area contributed by atoms with Crippen molar-refractivity contribution in [3.05, 3.63) is 0 Å². The van der Waals surface area contributed by atoms with Gasteiger partial charge in [0.1, 0.15) is 6.17 Å². The smallest absolute Gasteiger partial charge is 0.246 e. The molecular weight excluding hydrogens is 266 g/mol. The highest BCUT2D eigenvalue weighted by Gasteiger charge is 2.21. The van der Waals surface area contributed by atoms with Gasteiger partial charge in [-0.25, -0.2) is 4.68 Å². The Labute approximate surface area is 117 Å². The van der Waals surface area contributed by atoms with Crippen molar-refractivity contribution in [2.75, 3.05) is 50.5 Å². The third-order valence-electron chi connectivity index (χ3n) is 3.16. The fourth-order valence-corrected chi connectivity index (χ4v) is 2.13. The number of hydrogen-bond donors (Lipinski definition) is 3. The first-order valence-corrected chi connectivity index (χ1v) is 6.59. The molecule has 1 saturated heterocycles. The van der Waals surface area contributed by atoms with Gasteiger partial charge in [-0.1, -0.05) is 12.2 Å². The van der Waals surface area contributed by atoms with Gasteiger partial charge < -0.3 is 26.0 Å². The van der Waals surface area contributed by atoms with Gasteiger partial charge >= 0.3 is 0 Å². The number of hydrogen-bond acceptors (Lipinski definition) is 7. The number of nitrogens with zero attached hydrogens (tertiary/aromatic N) is 5. The Balaban J connectivity index is 2.13. The molecule has 0 aromatic carbocycles. The molecular formula is C10H19N7OS. The topological polar surface area (TPSA) is 95.5 Å². The number of piperazine rings is 1. The minimum Gasteiger partial charge on any atom is -0.392 e. The standard InChI is InChI=1S/C10H19N7OS/c1-15-2-4-16(5-3-15)10-13-9(11)17(14-10)8(6-18)12-7-19/h7-8,18H,2-6H2,1H3,(H,12,19)(H2,11,13,14). The number of anilines is 2. The molecule has 2 rings (SSSR count). The van der Waals surface area contributed by atoms with E-state index in [0.717, 1.165) is 26.2 Å². The summed E-state index contributed by atoms with van der Waals surface area (Å²) in [7, 11) is 2.09. The quantitative estimate of drug-likeness (QED) is 0.572. The maximum absolute atomic E-state index is 9.30. The Morgan fingerprint density at radius 3 is 2.74 bits per heavy atom. The van der Waals surface area contributed by atoms with Crippen molar-refractivity contribution >= 4 is 29.6 Å². The van der Waals surface area contributed by atoms with E-state index in [0.29, 0.717) is 5.95 Å². The largest absolute Gasteiger partial charge is 0.392 e. The van der Waals surface area contributed by atoms with E-state index < -0.39 is 6.17 Å². The van der Waals surface area contributed by atoms with E-state index in [2.05, 4.69) is 32.2 Å². The molecule has 1 aliphatic heterocycles. The fourth-order valence-electron chi connectivity index (χ4n) is 1.97. The van der Waals surface area contributed by atoms with Crippen LogP contribution in [0.15, 0.2) is 0 Å². The SMILES string of the molecule is CN1CCN(c2nc(N)n(C(CO)NC=S)n2)CC1. The van der Waals surface area contributed by atoms with Crippen LogP contribution in [-0.4, -0.2) is 70.1 Å². The predicted molar refractivity (Wildman–Crippen MR) is 77.1 cm³/mol. The van der Waals surface area contributed by atoms with Crippen LogP contribution < -0.4 is 16.0 Å². The number of thiocarbonyl (C=S) groups is 1. The summed E-state index contributed by atoms with van der Waals surface area (Å²) in [6.45, 7) is 3.50. The van der Waals surface area contributed by atoms with Gasteiger partial charge in [-0.3, -0.25) is 0 Å². The second-order valence-electron chi connectivity index (χ2n) is 4.49. The highest BCUT2D eigenvalue weighted by atomic mass is 32.1. The molecule has 0 spiro atoms. The van der Waals surface area contributed by atoms with Gasteiger partial charge in [-0.15, -0.1) is 5.10 Å².